The van der Waals surface area contributed by atoms with Gasteiger partial charge in [-0.15, -0.1) is 0 Å². The lowest BCUT2D eigenvalue weighted by Gasteiger charge is -2.33. The number of nitrogens with zero attached hydrogens (tertiary/aromatic N) is 1. The number of hydrogen-bond donors (Lipinski definition) is 3. The van der Waals surface area contributed by atoms with Crippen molar-refractivity contribution in [1.82, 2.24) is 4.31 Å². The second kappa shape index (κ2) is 10.1. The topological polar surface area (TPSA) is 94.2 Å². The second-order valence-corrected chi connectivity index (χ2v) is 9.50. The average molecular weight is 432 g/mol. The fourth-order valence-corrected chi connectivity index (χ4v) is 5.59. The molecule has 2 heterocycles. The predicted octanol–water partition coefficient (Wildman–Crippen LogP) is -3.13. The summed E-state index contributed by atoms with van der Waals surface area (Å²) in [5, 5.41) is 10.4. The Labute approximate surface area is 172 Å². The van der Waals surface area contributed by atoms with Crippen LogP contribution >= 0.6 is 0 Å². The Morgan fingerprint density at radius 1 is 1.07 bits per heavy atom. The number of morpholine rings is 1. The summed E-state index contributed by atoms with van der Waals surface area (Å²) >= 11 is 0. The monoisotopic (exact) mass is 431 g/mol. The van der Waals surface area contributed by atoms with Crippen LogP contribution in [0.25, 0.3) is 0 Å². The lowest BCUT2D eigenvalue weighted by atomic mass is 10.2. The lowest BCUT2D eigenvalue weighted by Crippen LogP contribution is -3.19. The van der Waals surface area contributed by atoms with Gasteiger partial charge in [0, 0.05) is 6.07 Å². The molecule has 0 unspecified atom stereocenters. The van der Waals surface area contributed by atoms with E-state index >= 15 is 0 Å². The Balaban J connectivity index is 1.57. The first kappa shape index (κ1) is 22.3. The number of sulfonamides is 1. The zero-order valence-corrected chi connectivity index (χ0v) is 18.0. The molecule has 1 aromatic carbocycles. The number of aliphatic hydroxyl groups is 1. The van der Waals surface area contributed by atoms with E-state index in [1.54, 1.807) is 12.1 Å². The van der Waals surface area contributed by atoms with Crippen LogP contribution in [0.2, 0.25) is 0 Å². The van der Waals surface area contributed by atoms with Crippen molar-refractivity contribution in [2.75, 3.05) is 79.8 Å². The van der Waals surface area contributed by atoms with E-state index in [4.69, 9.17) is 14.2 Å². The molecule has 0 amide bonds. The lowest BCUT2D eigenvalue weighted by molar-refractivity contribution is -0.930. The fourth-order valence-electron chi connectivity index (χ4n) is 3.97. The van der Waals surface area contributed by atoms with E-state index in [1.807, 2.05) is 0 Å². The summed E-state index contributed by atoms with van der Waals surface area (Å²) < 4.78 is 43.6. The van der Waals surface area contributed by atoms with Crippen molar-refractivity contribution in [2.24, 2.45) is 0 Å². The van der Waals surface area contributed by atoms with Crippen molar-refractivity contribution >= 4 is 10.0 Å². The van der Waals surface area contributed by atoms with Gasteiger partial charge in [-0.25, -0.2) is 8.42 Å². The average Bonchev–Trinajstić information content (AvgIpc) is 2.74. The minimum atomic E-state index is -3.68. The van der Waals surface area contributed by atoms with Gasteiger partial charge in [0.25, 0.3) is 0 Å². The predicted molar refractivity (Wildman–Crippen MR) is 106 cm³/mol. The number of hydrogen-bond acceptors (Lipinski definition) is 6. The van der Waals surface area contributed by atoms with E-state index in [-0.39, 0.29) is 11.0 Å². The number of nitrogens with one attached hydrogen (secondary N) is 2. The van der Waals surface area contributed by atoms with Crippen molar-refractivity contribution in [3.05, 3.63) is 18.2 Å². The van der Waals surface area contributed by atoms with Crippen molar-refractivity contribution in [3.63, 3.8) is 0 Å². The number of aliphatic hydroxyl groups excluding tert-OH is 1. The smallest absolute Gasteiger partial charge is 0.247 e. The van der Waals surface area contributed by atoms with Crippen LogP contribution in [0, 0.1) is 0 Å². The van der Waals surface area contributed by atoms with Crippen LogP contribution in [0.4, 0.5) is 0 Å². The number of methoxy groups -OCH3 is 2. The highest BCUT2D eigenvalue weighted by Gasteiger charge is 2.34. The molecule has 2 fully saturated rings. The Kier molecular flexibility index (Phi) is 7.72. The van der Waals surface area contributed by atoms with Crippen LogP contribution in [0.1, 0.15) is 0 Å². The molecule has 10 heteroatoms. The minimum absolute atomic E-state index is 0.124. The maximum Gasteiger partial charge on any atom is 0.247 e. The molecule has 1 aromatic rings. The first-order valence-electron chi connectivity index (χ1n) is 10.1. The highest BCUT2D eigenvalue weighted by atomic mass is 32.2. The van der Waals surface area contributed by atoms with Crippen molar-refractivity contribution in [2.45, 2.75) is 11.0 Å². The summed E-state index contributed by atoms with van der Waals surface area (Å²) in [6.45, 7) is 6.88. The molecule has 164 valence electrons. The molecule has 0 aromatic heterocycles. The summed E-state index contributed by atoms with van der Waals surface area (Å²) in [5.74, 6) is 0.784. The molecule has 29 heavy (non-hydrogen) atoms. The summed E-state index contributed by atoms with van der Waals surface area (Å²) in [6, 6.07) is 4.79. The fraction of sp³-hybridized carbons (Fsp3) is 0.684. The standard InChI is InChI=1S/C19H31N3O6S/c1-26-17-3-4-18(27-2)19(13-17)29(24,25)22-7-5-20(6-8-22)14-16(23)15-21-9-11-28-12-10-21/h3-4,13,16,23H,5-12,14-15H2,1-2H3/p+2/t16-/m0/s1. The van der Waals surface area contributed by atoms with Crippen molar-refractivity contribution < 1.29 is 37.5 Å². The van der Waals surface area contributed by atoms with Gasteiger partial charge in [0.1, 0.15) is 42.6 Å². The van der Waals surface area contributed by atoms with Gasteiger partial charge in [-0.2, -0.15) is 4.31 Å². The van der Waals surface area contributed by atoms with Gasteiger partial charge in [-0.05, 0) is 12.1 Å². The molecule has 0 aliphatic carbocycles. The van der Waals surface area contributed by atoms with Crippen LogP contribution < -0.4 is 19.3 Å². The third-order valence-corrected chi connectivity index (χ3v) is 7.59. The summed E-state index contributed by atoms with van der Waals surface area (Å²) in [6.07, 6.45) is -0.389. The maximum atomic E-state index is 13.1. The van der Waals surface area contributed by atoms with E-state index in [0.29, 0.717) is 44.2 Å². The molecule has 2 aliphatic heterocycles. The minimum Gasteiger partial charge on any atom is -0.497 e. The molecule has 2 saturated heterocycles. The van der Waals surface area contributed by atoms with Crippen LogP contribution in [-0.4, -0.2) is 104 Å². The molecule has 1 atom stereocenters. The van der Waals surface area contributed by atoms with E-state index in [9.17, 15) is 13.5 Å². The highest BCUT2D eigenvalue weighted by molar-refractivity contribution is 7.89. The number of quaternary nitrogens is 2. The van der Waals surface area contributed by atoms with E-state index in [1.165, 1.54) is 34.4 Å². The van der Waals surface area contributed by atoms with Crippen LogP contribution in [0.15, 0.2) is 23.1 Å². The van der Waals surface area contributed by atoms with E-state index < -0.39 is 10.0 Å². The Morgan fingerprint density at radius 2 is 1.69 bits per heavy atom. The van der Waals surface area contributed by atoms with E-state index in [2.05, 4.69) is 0 Å². The number of benzene rings is 1. The highest BCUT2D eigenvalue weighted by Crippen LogP contribution is 2.30. The maximum absolute atomic E-state index is 13.1. The summed E-state index contributed by atoms with van der Waals surface area (Å²) in [4.78, 5) is 2.72. The molecule has 0 spiro atoms. The van der Waals surface area contributed by atoms with Gasteiger partial charge in [0.2, 0.25) is 10.0 Å². The molecular weight excluding hydrogens is 398 g/mol. The third kappa shape index (κ3) is 5.59. The van der Waals surface area contributed by atoms with Gasteiger partial charge in [-0.1, -0.05) is 0 Å². The largest absolute Gasteiger partial charge is 0.497 e. The molecule has 3 rings (SSSR count). The SMILES string of the molecule is COc1ccc(OC)c(S(=O)(=O)N2CC[NH+](C[C@H](O)C[NH+]3CCOCC3)CC2)c1. The molecular formula is C19H33N3O6S+2. The quantitative estimate of drug-likeness (QED) is 0.403. The van der Waals surface area contributed by atoms with Gasteiger partial charge in [0.15, 0.2) is 6.10 Å². The van der Waals surface area contributed by atoms with Crippen molar-refractivity contribution in [1.29, 1.82) is 0 Å². The van der Waals surface area contributed by atoms with E-state index in [0.717, 1.165) is 32.8 Å². The van der Waals surface area contributed by atoms with Crippen molar-refractivity contribution in [3.8, 4) is 11.5 Å². The Bertz CT molecular complexity index is 761. The first-order valence-corrected chi connectivity index (χ1v) is 11.5. The second-order valence-electron chi connectivity index (χ2n) is 7.60. The normalized spacial score (nSPS) is 21.1. The van der Waals surface area contributed by atoms with Gasteiger partial charge in [-0.3, -0.25) is 0 Å². The summed E-state index contributed by atoms with van der Waals surface area (Å²) in [7, 11) is -0.714. The number of rotatable bonds is 8. The third-order valence-electron chi connectivity index (χ3n) is 5.67. The van der Waals surface area contributed by atoms with Crippen LogP contribution in [0.3, 0.4) is 0 Å². The number of ether oxygens (including phenoxy) is 3. The van der Waals surface area contributed by atoms with Crippen LogP contribution in [0.5, 0.6) is 11.5 Å². The molecule has 9 nitrogen and oxygen atoms in total. The molecule has 0 radical (unpaired) electrons. The number of piperazine rings is 1. The molecule has 0 bridgehead atoms. The first-order chi connectivity index (χ1) is 13.9. The zero-order valence-electron chi connectivity index (χ0n) is 17.2. The van der Waals surface area contributed by atoms with Gasteiger partial charge in [0.05, 0.1) is 53.6 Å². The molecule has 0 saturated carbocycles. The van der Waals surface area contributed by atoms with Gasteiger partial charge >= 0.3 is 0 Å². The van der Waals surface area contributed by atoms with Crippen LogP contribution in [-0.2, 0) is 14.8 Å². The Hall–Kier alpha value is -1.43. The van der Waals surface area contributed by atoms with Gasteiger partial charge < -0.3 is 29.1 Å². The molecule has 2 aliphatic rings. The summed E-state index contributed by atoms with van der Waals surface area (Å²) in [5.41, 5.74) is 0. The zero-order chi connectivity index (χ0) is 20.9. The molecule has 3 N–H and O–H groups in total. The Morgan fingerprint density at radius 3 is 2.28 bits per heavy atom.